The molecule has 1 unspecified atom stereocenters. The van der Waals surface area contributed by atoms with Crippen molar-refractivity contribution in [3.63, 3.8) is 0 Å². The molecule has 5 nitrogen and oxygen atoms in total. The van der Waals surface area contributed by atoms with Gasteiger partial charge in [-0.15, -0.1) is 10.2 Å². The summed E-state index contributed by atoms with van der Waals surface area (Å²) in [6.07, 6.45) is 0. The number of carbonyl (C=O) groups excluding carboxylic acids is 1. The Balaban J connectivity index is 1.50. The summed E-state index contributed by atoms with van der Waals surface area (Å²) >= 11 is 2.90. The molecule has 1 amide bonds. The molecule has 0 fully saturated rings. The largest absolute Gasteiger partial charge is 0.489 e. The number of rotatable bonds is 7. The fraction of sp³-hybridized carbons (Fsp3) is 0.211. The van der Waals surface area contributed by atoms with Crippen molar-refractivity contribution in [3.05, 3.63) is 65.2 Å². The van der Waals surface area contributed by atoms with Gasteiger partial charge in [-0.3, -0.25) is 4.79 Å². The van der Waals surface area contributed by atoms with E-state index in [0.29, 0.717) is 6.61 Å². The number of aromatic nitrogens is 2. The molecule has 3 aromatic rings. The van der Waals surface area contributed by atoms with E-state index in [4.69, 9.17) is 4.74 Å². The van der Waals surface area contributed by atoms with Crippen molar-refractivity contribution in [1.29, 1.82) is 0 Å². The molecule has 0 spiro atoms. The first-order chi connectivity index (χ1) is 12.6. The predicted octanol–water partition coefficient (Wildman–Crippen LogP) is 4.54. The van der Waals surface area contributed by atoms with Crippen molar-refractivity contribution >= 4 is 34.7 Å². The van der Waals surface area contributed by atoms with E-state index >= 15 is 0 Å². The lowest BCUT2D eigenvalue weighted by molar-refractivity contribution is -0.115. The second-order valence-corrected chi connectivity index (χ2v) is 8.40. The van der Waals surface area contributed by atoms with E-state index in [2.05, 4.69) is 15.5 Å². The van der Waals surface area contributed by atoms with Crippen LogP contribution in [-0.2, 0) is 11.4 Å². The molecule has 1 atom stereocenters. The zero-order valence-electron chi connectivity index (χ0n) is 14.5. The smallest absolute Gasteiger partial charge is 0.237 e. The number of carbonyl (C=O) groups is 1. The molecule has 0 saturated heterocycles. The van der Waals surface area contributed by atoms with Crippen LogP contribution in [-0.4, -0.2) is 21.4 Å². The molecule has 1 heterocycles. The molecule has 1 aromatic heterocycles. The van der Waals surface area contributed by atoms with E-state index < -0.39 is 0 Å². The first-order valence-electron chi connectivity index (χ1n) is 8.14. The van der Waals surface area contributed by atoms with E-state index in [1.54, 1.807) is 0 Å². The minimum atomic E-state index is -0.253. The third-order valence-electron chi connectivity index (χ3n) is 3.52. The summed E-state index contributed by atoms with van der Waals surface area (Å²) < 4.78 is 6.55. The van der Waals surface area contributed by atoms with Crippen molar-refractivity contribution in [1.82, 2.24) is 10.2 Å². The van der Waals surface area contributed by atoms with Crippen LogP contribution in [0.4, 0.5) is 5.69 Å². The van der Waals surface area contributed by atoms with Crippen LogP contribution in [0, 0.1) is 6.92 Å². The number of amides is 1. The van der Waals surface area contributed by atoms with Gasteiger partial charge >= 0.3 is 0 Å². The van der Waals surface area contributed by atoms with Crippen LogP contribution >= 0.6 is 23.1 Å². The Morgan fingerprint density at radius 2 is 1.88 bits per heavy atom. The van der Waals surface area contributed by atoms with Gasteiger partial charge < -0.3 is 10.1 Å². The van der Waals surface area contributed by atoms with E-state index in [-0.39, 0.29) is 11.2 Å². The van der Waals surface area contributed by atoms with Crippen molar-refractivity contribution < 1.29 is 9.53 Å². The lowest BCUT2D eigenvalue weighted by Gasteiger charge is -2.11. The van der Waals surface area contributed by atoms with Gasteiger partial charge in [0.25, 0.3) is 0 Å². The maximum atomic E-state index is 12.3. The van der Waals surface area contributed by atoms with Gasteiger partial charge in [-0.25, -0.2) is 0 Å². The van der Waals surface area contributed by atoms with Gasteiger partial charge in [0.1, 0.15) is 17.4 Å². The Labute approximate surface area is 160 Å². The summed E-state index contributed by atoms with van der Waals surface area (Å²) in [7, 11) is 0. The molecule has 134 valence electrons. The number of aryl methyl sites for hydroxylation is 1. The summed E-state index contributed by atoms with van der Waals surface area (Å²) in [5.41, 5.74) is 1.85. The van der Waals surface area contributed by atoms with Gasteiger partial charge in [0.05, 0.1) is 5.25 Å². The number of thioether (sulfide) groups is 1. The molecule has 7 heteroatoms. The summed E-state index contributed by atoms with van der Waals surface area (Å²) in [6.45, 7) is 4.27. The molecule has 2 aromatic carbocycles. The predicted molar refractivity (Wildman–Crippen MR) is 106 cm³/mol. The van der Waals surface area contributed by atoms with E-state index in [9.17, 15) is 4.79 Å². The third-order valence-corrected chi connectivity index (χ3v) is 5.55. The minimum absolute atomic E-state index is 0.0687. The number of ether oxygens (including phenoxy) is 1. The van der Waals surface area contributed by atoms with Crippen molar-refractivity contribution in [3.8, 4) is 5.75 Å². The fourth-order valence-corrected chi connectivity index (χ4v) is 4.11. The summed E-state index contributed by atoms with van der Waals surface area (Å²) in [5.74, 6) is 0.694. The van der Waals surface area contributed by atoms with Crippen LogP contribution in [0.5, 0.6) is 5.75 Å². The Morgan fingerprint density at radius 3 is 2.54 bits per heavy atom. The van der Waals surface area contributed by atoms with Crippen molar-refractivity contribution in [2.75, 3.05) is 5.32 Å². The third kappa shape index (κ3) is 5.31. The molecule has 0 radical (unpaired) electrons. The van der Waals surface area contributed by atoms with Crippen LogP contribution in [0.25, 0.3) is 0 Å². The maximum Gasteiger partial charge on any atom is 0.237 e. The zero-order chi connectivity index (χ0) is 18.4. The monoisotopic (exact) mass is 385 g/mol. The Bertz CT molecular complexity index is 851. The fourth-order valence-electron chi connectivity index (χ4n) is 2.15. The first kappa shape index (κ1) is 18.4. The van der Waals surface area contributed by atoms with Crippen LogP contribution in [0.15, 0.2) is 58.9 Å². The van der Waals surface area contributed by atoms with Crippen LogP contribution in [0.3, 0.4) is 0 Å². The molecular weight excluding hydrogens is 366 g/mol. The second-order valence-electron chi connectivity index (χ2n) is 5.63. The average molecular weight is 386 g/mol. The standard InChI is InChI=1S/C19H19N3O2S2/c1-13(25-19-22-21-14(2)26-19)18(23)20-16-8-10-17(11-9-16)24-12-15-6-4-3-5-7-15/h3-11,13H,12H2,1-2H3,(H,20,23). The highest BCUT2D eigenvalue weighted by Gasteiger charge is 2.16. The Hall–Kier alpha value is -2.38. The molecule has 0 aliphatic rings. The molecular formula is C19H19N3O2S2. The second kappa shape index (κ2) is 8.82. The van der Waals surface area contributed by atoms with Crippen LogP contribution in [0.2, 0.25) is 0 Å². The lowest BCUT2D eigenvalue weighted by Crippen LogP contribution is -2.22. The lowest BCUT2D eigenvalue weighted by atomic mass is 10.2. The molecule has 0 aliphatic heterocycles. The maximum absolute atomic E-state index is 12.3. The number of hydrogen-bond acceptors (Lipinski definition) is 6. The van der Waals surface area contributed by atoms with Gasteiger partial charge in [0.15, 0.2) is 4.34 Å². The SMILES string of the molecule is Cc1nnc(SC(C)C(=O)Nc2ccc(OCc3ccccc3)cc2)s1. The number of nitrogens with zero attached hydrogens (tertiary/aromatic N) is 2. The normalized spacial score (nSPS) is 11.8. The summed E-state index contributed by atoms with van der Waals surface area (Å²) in [6, 6.07) is 17.4. The summed E-state index contributed by atoms with van der Waals surface area (Å²) in [5, 5.41) is 11.6. The zero-order valence-corrected chi connectivity index (χ0v) is 16.1. The summed E-state index contributed by atoms with van der Waals surface area (Å²) in [4.78, 5) is 12.3. The highest BCUT2D eigenvalue weighted by atomic mass is 32.2. The quantitative estimate of drug-likeness (QED) is 0.605. The molecule has 3 rings (SSSR count). The highest BCUT2D eigenvalue weighted by Crippen LogP contribution is 2.27. The van der Waals surface area contributed by atoms with Crippen molar-refractivity contribution in [2.24, 2.45) is 0 Å². The first-order valence-corrected chi connectivity index (χ1v) is 9.84. The molecule has 0 bridgehead atoms. The van der Waals surface area contributed by atoms with Crippen LogP contribution in [0.1, 0.15) is 17.5 Å². The number of hydrogen-bond donors (Lipinski definition) is 1. The van der Waals surface area contributed by atoms with E-state index in [1.165, 1.54) is 23.1 Å². The van der Waals surface area contributed by atoms with E-state index in [1.807, 2.05) is 68.4 Å². The molecule has 0 aliphatic carbocycles. The van der Waals surface area contributed by atoms with Gasteiger partial charge in [-0.2, -0.15) is 0 Å². The Morgan fingerprint density at radius 1 is 1.15 bits per heavy atom. The minimum Gasteiger partial charge on any atom is -0.489 e. The topological polar surface area (TPSA) is 64.1 Å². The molecule has 26 heavy (non-hydrogen) atoms. The van der Waals surface area contributed by atoms with E-state index in [0.717, 1.165) is 26.3 Å². The average Bonchev–Trinajstić information content (AvgIpc) is 3.06. The highest BCUT2D eigenvalue weighted by molar-refractivity contribution is 8.02. The van der Waals surface area contributed by atoms with Gasteiger partial charge in [0.2, 0.25) is 5.91 Å². The van der Waals surface area contributed by atoms with Crippen molar-refractivity contribution in [2.45, 2.75) is 30.0 Å². The molecule has 1 N–H and O–H groups in total. The Kier molecular flexibility index (Phi) is 6.25. The number of benzene rings is 2. The van der Waals surface area contributed by atoms with Gasteiger partial charge in [0, 0.05) is 5.69 Å². The number of anilines is 1. The van der Waals surface area contributed by atoms with Gasteiger partial charge in [-0.1, -0.05) is 53.4 Å². The number of nitrogens with one attached hydrogen (secondary N) is 1. The van der Waals surface area contributed by atoms with Gasteiger partial charge in [-0.05, 0) is 43.7 Å². The molecule has 0 saturated carbocycles. The van der Waals surface area contributed by atoms with Crippen LogP contribution < -0.4 is 10.1 Å².